The Morgan fingerprint density at radius 1 is 1.53 bits per heavy atom. The van der Waals surface area contributed by atoms with Gasteiger partial charge in [-0.15, -0.1) is 0 Å². The van der Waals surface area contributed by atoms with Gasteiger partial charge in [0, 0.05) is 12.6 Å². The van der Waals surface area contributed by atoms with E-state index in [0.717, 1.165) is 0 Å². The number of ether oxygens (including phenoxy) is 2. The summed E-state index contributed by atoms with van der Waals surface area (Å²) in [5.74, 6) is 0.711. The first-order valence-electron chi connectivity index (χ1n) is 5.05. The summed E-state index contributed by atoms with van der Waals surface area (Å²) >= 11 is 0. The van der Waals surface area contributed by atoms with Crippen LogP contribution in [0.15, 0.2) is 6.07 Å². The molecule has 0 atom stereocenters. The number of aliphatic carboxylic acids is 1. The molecule has 0 fully saturated rings. The number of carbonyl (C=O) groups is 1. The summed E-state index contributed by atoms with van der Waals surface area (Å²) in [4.78, 5) is 18.4. The highest BCUT2D eigenvalue weighted by molar-refractivity contribution is 5.67. The Morgan fingerprint density at radius 3 is 2.94 bits per heavy atom. The van der Waals surface area contributed by atoms with E-state index in [-0.39, 0.29) is 13.2 Å². The molecule has 0 aliphatic carbocycles. The summed E-state index contributed by atoms with van der Waals surface area (Å²) < 4.78 is 9.86. The molecule has 0 radical (unpaired) electrons. The lowest BCUT2D eigenvalue weighted by atomic mass is 10.5. The van der Waals surface area contributed by atoms with Crippen LogP contribution in [0.4, 0.5) is 5.82 Å². The van der Waals surface area contributed by atoms with Crippen molar-refractivity contribution in [1.29, 1.82) is 0 Å². The minimum atomic E-state index is -0.982. The Balaban J connectivity index is 2.36. The van der Waals surface area contributed by atoms with E-state index in [1.807, 2.05) is 0 Å². The molecule has 1 rings (SSSR count). The topological polar surface area (TPSA) is 93.6 Å². The highest BCUT2D eigenvalue weighted by Gasteiger charge is 2.01. The fourth-order valence-electron chi connectivity index (χ4n) is 1.15. The monoisotopic (exact) mass is 241 g/mol. The van der Waals surface area contributed by atoms with E-state index in [2.05, 4.69) is 15.3 Å². The molecule has 0 saturated heterocycles. The Morgan fingerprint density at radius 2 is 2.29 bits per heavy atom. The standard InChI is InChI=1S/C10H15N3O4/c1-7-12-8(5-9(13-7)16-2)11-3-4-17-6-10(14)15/h5H,3-4,6H2,1-2H3,(H,14,15)(H,11,12,13). The van der Waals surface area contributed by atoms with Gasteiger partial charge in [0.05, 0.1) is 13.7 Å². The number of hydrogen-bond donors (Lipinski definition) is 2. The SMILES string of the molecule is COc1cc(NCCOCC(=O)O)nc(C)n1. The van der Waals surface area contributed by atoms with E-state index in [9.17, 15) is 4.79 Å². The number of nitrogens with zero attached hydrogens (tertiary/aromatic N) is 2. The number of nitrogens with one attached hydrogen (secondary N) is 1. The van der Waals surface area contributed by atoms with Gasteiger partial charge in [0.15, 0.2) is 0 Å². The van der Waals surface area contributed by atoms with Gasteiger partial charge in [0.2, 0.25) is 5.88 Å². The van der Waals surface area contributed by atoms with Crippen molar-refractivity contribution in [3.05, 3.63) is 11.9 Å². The third-order valence-electron chi connectivity index (χ3n) is 1.80. The summed E-state index contributed by atoms with van der Waals surface area (Å²) in [6.07, 6.45) is 0. The van der Waals surface area contributed by atoms with E-state index in [4.69, 9.17) is 14.6 Å². The Bertz CT molecular complexity index is 384. The zero-order chi connectivity index (χ0) is 12.7. The molecule has 7 heteroatoms. The van der Waals surface area contributed by atoms with Crippen molar-refractivity contribution < 1.29 is 19.4 Å². The summed E-state index contributed by atoms with van der Waals surface area (Å²) in [6, 6.07) is 1.66. The van der Waals surface area contributed by atoms with E-state index in [1.165, 1.54) is 7.11 Å². The van der Waals surface area contributed by atoms with Crippen LogP contribution in [0.25, 0.3) is 0 Å². The minimum Gasteiger partial charge on any atom is -0.481 e. The van der Waals surface area contributed by atoms with Crippen LogP contribution < -0.4 is 10.1 Å². The third-order valence-corrected chi connectivity index (χ3v) is 1.80. The molecule has 0 unspecified atom stereocenters. The molecule has 94 valence electrons. The quantitative estimate of drug-likeness (QED) is 0.663. The molecule has 1 aromatic rings. The second-order valence-corrected chi connectivity index (χ2v) is 3.22. The van der Waals surface area contributed by atoms with Crippen molar-refractivity contribution in [2.75, 3.05) is 32.2 Å². The van der Waals surface area contributed by atoms with E-state index >= 15 is 0 Å². The largest absolute Gasteiger partial charge is 0.481 e. The lowest BCUT2D eigenvalue weighted by Gasteiger charge is -2.07. The number of methoxy groups -OCH3 is 1. The van der Waals surface area contributed by atoms with Gasteiger partial charge >= 0.3 is 5.97 Å². The third kappa shape index (κ3) is 5.12. The van der Waals surface area contributed by atoms with Crippen molar-refractivity contribution in [2.45, 2.75) is 6.92 Å². The number of carboxylic acid groups (broad SMARTS) is 1. The lowest BCUT2D eigenvalue weighted by molar-refractivity contribution is -0.142. The van der Waals surface area contributed by atoms with E-state index < -0.39 is 5.97 Å². The number of aryl methyl sites for hydroxylation is 1. The molecule has 0 aliphatic heterocycles. The average molecular weight is 241 g/mol. The normalized spacial score (nSPS) is 10.0. The molecule has 1 heterocycles. The average Bonchev–Trinajstić information content (AvgIpc) is 2.27. The van der Waals surface area contributed by atoms with Gasteiger partial charge in [-0.1, -0.05) is 0 Å². The van der Waals surface area contributed by atoms with Gasteiger partial charge < -0.3 is 19.9 Å². The fourth-order valence-corrected chi connectivity index (χ4v) is 1.15. The highest BCUT2D eigenvalue weighted by atomic mass is 16.5. The molecule has 17 heavy (non-hydrogen) atoms. The van der Waals surface area contributed by atoms with Gasteiger partial charge in [0.1, 0.15) is 18.2 Å². The number of hydrogen-bond acceptors (Lipinski definition) is 6. The molecular formula is C10H15N3O4. The van der Waals surface area contributed by atoms with Crippen LogP contribution >= 0.6 is 0 Å². The summed E-state index contributed by atoms with van der Waals surface area (Å²) in [6.45, 7) is 2.22. The predicted octanol–water partition coefficient (Wildman–Crippen LogP) is 0.307. The molecule has 7 nitrogen and oxygen atoms in total. The lowest BCUT2D eigenvalue weighted by Crippen LogP contribution is -2.15. The van der Waals surface area contributed by atoms with Crippen LogP contribution in [-0.4, -0.2) is 47.9 Å². The van der Waals surface area contributed by atoms with Crippen LogP contribution in [0.5, 0.6) is 5.88 Å². The van der Waals surface area contributed by atoms with Crippen LogP contribution in [0.2, 0.25) is 0 Å². The van der Waals surface area contributed by atoms with Crippen LogP contribution in [0.1, 0.15) is 5.82 Å². The van der Waals surface area contributed by atoms with Crippen molar-refractivity contribution in [3.8, 4) is 5.88 Å². The number of carboxylic acids is 1. The van der Waals surface area contributed by atoms with Crippen molar-refractivity contribution in [2.24, 2.45) is 0 Å². The Hall–Kier alpha value is -1.89. The number of aromatic nitrogens is 2. The molecule has 0 bridgehead atoms. The second-order valence-electron chi connectivity index (χ2n) is 3.22. The maximum absolute atomic E-state index is 10.2. The van der Waals surface area contributed by atoms with Crippen LogP contribution in [-0.2, 0) is 9.53 Å². The Labute approximate surface area is 98.8 Å². The molecule has 0 amide bonds. The summed E-state index contributed by atoms with van der Waals surface area (Å²) in [5.41, 5.74) is 0. The molecule has 0 aliphatic rings. The maximum atomic E-state index is 10.2. The summed E-state index contributed by atoms with van der Waals surface area (Å²) in [7, 11) is 1.53. The highest BCUT2D eigenvalue weighted by Crippen LogP contribution is 2.11. The van der Waals surface area contributed by atoms with Crippen LogP contribution in [0.3, 0.4) is 0 Å². The van der Waals surface area contributed by atoms with Gasteiger partial charge in [-0.25, -0.2) is 9.78 Å². The first kappa shape index (κ1) is 13.2. The zero-order valence-corrected chi connectivity index (χ0v) is 9.77. The van der Waals surface area contributed by atoms with E-state index in [0.29, 0.717) is 24.1 Å². The Kier molecular flexibility index (Phi) is 5.15. The van der Waals surface area contributed by atoms with Crippen molar-refractivity contribution >= 4 is 11.8 Å². The second kappa shape index (κ2) is 6.64. The van der Waals surface area contributed by atoms with Gasteiger partial charge in [-0.2, -0.15) is 4.98 Å². The first-order valence-corrected chi connectivity index (χ1v) is 5.05. The molecule has 0 spiro atoms. The van der Waals surface area contributed by atoms with Crippen molar-refractivity contribution in [3.63, 3.8) is 0 Å². The van der Waals surface area contributed by atoms with Crippen molar-refractivity contribution in [1.82, 2.24) is 9.97 Å². The molecule has 2 N–H and O–H groups in total. The number of rotatable bonds is 7. The molecule has 0 aromatic carbocycles. The number of anilines is 1. The summed E-state index contributed by atoms with van der Waals surface area (Å²) in [5, 5.41) is 11.3. The molecular weight excluding hydrogens is 226 g/mol. The van der Waals surface area contributed by atoms with Gasteiger partial charge in [-0.05, 0) is 6.92 Å². The molecule has 1 aromatic heterocycles. The fraction of sp³-hybridized carbons (Fsp3) is 0.500. The van der Waals surface area contributed by atoms with Gasteiger partial charge in [-0.3, -0.25) is 0 Å². The zero-order valence-electron chi connectivity index (χ0n) is 9.77. The smallest absolute Gasteiger partial charge is 0.329 e. The predicted molar refractivity (Wildman–Crippen MR) is 60.3 cm³/mol. The van der Waals surface area contributed by atoms with Crippen LogP contribution in [0, 0.1) is 6.92 Å². The van der Waals surface area contributed by atoms with Gasteiger partial charge in [0.25, 0.3) is 0 Å². The molecule has 0 saturated carbocycles. The first-order chi connectivity index (χ1) is 8.11. The maximum Gasteiger partial charge on any atom is 0.329 e. The van der Waals surface area contributed by atoms with E-state index in [1.54, 1.807) is 13.0 Å². The minimum absolute atomic E-state index is 0.289.